The monoisotopic (exact) mass is 199 g/mol. The van der Waals surface area contributed by atoms with Gasteiger partial charge in [-0.3, -0.25) is 0 Å². The summed E-state index contributed by atoms with van der Waals surface area (Å²) in [6, 6.07) is 0.345. The summed E-state index contributed by atoms with van der Waals surface area (Å²) in [5, 5.41) is 3.31. The molecule has 0 amide bonds. The second-order valence-corrected chi connectivity index (χ2v) is 5.08. The maximum atomic E-state index is 5.57. The standard InChI is InChI=1S/C12H25NO/c1-9(2)8-10(13-6)11(14-7)12(3,4)5/h10-11,13H,1,8H2,2-7H3. The van der Waals surface area contributed by atoms with Crippen LogP contribution in [-0.4, -0.2) is 26.3 Å². The molecular weight excluding hydrogens is 174 g/mol. The first-order valence-electron chi connectivity index (χ1n) is 5.17. The number of methoxy groups -OCH3 is 1. The maximum Gasteiger partial charge on any atom is 0.0775 e. The molecule has 0 aliphatic rings. The molecule has 0 spiro atoms. The van der Waals surface area contributed by atoms with E-state index in [1.165, 1.54) is 5.57 Å². The lowest BCUT2D eigenvalue weighted by Gasteiger charge is -2.36. The van der Waals surface area contributed by atoms with Crippen LogP contribution in [0.15, 0.2) is 12.2 Å². The summed E-state index contributed by atoms with van der Waals surface area (Å²) >= 11 is 0. The average Bonchev–Trinajstić information content (AvgIpc) is 2.00. The van der Waals surface area contributed by atoms with Crippen molar-refractivity contribution in [1.29, 1.82) is 0 Å². The van der Waals surface area contributed by atoms with E-state index < -0.39 is 0 Å². The van der Waals surface area contributed by atoms with E-state index in [0.717, 1.165) is 6.42 Å². The van der Waals surface area contributed by atoms with E-state index in [0.29, 0.717) is 6.04 Å². The Morgan fingerprint density at radius 1 is 1.43 bits per heavy atom. The van der Waals surface area contributed by atoms with Crippen LogP contribution in [0.3, 0.4) is 0 Å². The fourth-order valence-corrected chi connectivity index (χ4v) is 1.86. The van der Waals surface area contributed by atoms with E-state index in [9.17, 15) is 0 Å². The van der Waals surface area contributed by atoms with Gasteiger partial charge in [0, 0.05) is 13.2 Å². The molecule has 14 heavy (non-hydrogen) atoms. The van der Waals surface area contributed by atoms with Crippen LogP contribution >= 0.6 is 0 Å². The lowest BCUT2D eigenvalue weighted by molar-refractivity contribution is -0.00916. The molecular formula is C12H25NO. The van der Waals surface area contributed by atoms with Gasteiger partial charge in [0.15, 0.2) is 0 Å². The minimum Gasteiger partial charge on any atom is -0.379 e. The molecule has 0 aromatic rings. The van der Waals surface area contributed by atoms with Crippen molar-refractivity contribution in [3.8, 4) is 0 Å². The lowest BCUT2D eigenvalue weighted by Crippen LogP contribution is -2.46. The van der Waals surface area contributed by atoms with Crippen LogP contribution < -0.4 is 5.32 Å². The highest BCUT2D eigenvalue weighted by Gasteiger charge is 2.31. The van der Waals surface area contributed by atoms with Crippen molar-refractivity contribution < 1.29 is 4.74 Å². The zero-order chi connectivity index (χ0) is 11.4. The quantitative estimate of drug-likeness (QED) is 0.687. The minimum absolute atomic E-state index is 0.151. The third-order valence-electron chi connectivity index (χ3n) is 2.41. The predicted octanol–water partition coefficient (Wildman–Crippen LogP) is 2.60. The molecule has 0 heterocycles. The van der Waals surface area contributed by atoms with Gasteiger partial charge in [0.2, 0.25) is 0 Å². The molecule has 0 aromatic carbocycles. The van der Waals surface area contributed by atoms with E-state index in [4.69, 9.17) is 4.74 Å². The highest BCUT2D eigenvalue weighted by Crippen LogP contribution is 2.26. The van der Waals surface area contributed by atoms with E-state index >= 15 is 0 Å². The summed E-state index contributed by atoms with van der Waals surface area (Å²) in [4.78, 5) is 0. The van der Waals surface area contributed by atoms with Gasteiger partial charge in [-0.25, -0.2) is 0 Å². The molecule has 0 bridgehead atoms. The second kappa shape index (κ2) is 5.52. The molecule has 2 unspecified atom stereocenters. The van der Waals surface area contributed by atoms with Gasteiger partial charge in [0.1, 0.15) is 0 Å². The van der Waals surface area contributed by atoms with Crippen molar-refractivity contribution in [3.63, 3.8) is 0 Å². The Bertz CT molecular complexity index is 181. The van der Waals surface area contributed by atoms with Crippen LogP contribution in [-0.2, 0) is 4.74 Å². The Hall–Kier alpha value is -0.340. The summed E-state index contributed by atoms with van der Waals surface area (Å²) in [7, 11) is 3.75. The minimum atomic E-state index is 0.151. The summed E-state index contributed by atoms with van der Waals surface area (Å²) in [5.74, 6) is 0. The Labute approximate surface area is 88.7 Å². The summed E-state index contributed by atoms with van der Waals surface area (Å²) in [6.45, 7) is 12.6. The molecule has 0 fully saturated rings. The molecule has 0 radical (unpaired) electrons. The maximum absolute atomic E-state index is 5.57. The first-order chi connectivity index (χ1) is 6.32. The van der Waals surface area contributed by atoms with Gasteiger partial charge in [-0.15, -0.1) is 6.58 Å². The fourth-order valence-electron chi connectivity index (χ4n) is 1.86. The highest BCUT2D eigenvalue weighted by molar-refractivity contribution is 4.97. The number of hydrogen-bond donors (Lipinski definition) is 1. The zero-order valence-corrected chi connectivity index (χ0v) is 10.5. The van der Waals surface area contributed by atoms with E-state index in [1.54, 1.807) is 7.11 Å². The lowest BCUT2D eigenvalue weighted by atomic mass is 9.82. The number of hydrogen-bond acceptors (Lipinski definition) is 2. The molecule has 2 atom stereocenters. The first kappa shape index (κ1) is 13.7. The SMILES string of the molecule is C=C(C)CC(NC)C(OC)C(C)(C)C. The van der Waals surface area contributed by atoms with Crippen molar-refractivity contribution in [2.24, 2.45) is 5.41 Å². The third-order valence-corrected chi connectivity index (χ3v) is 2.41. The third kappa shape index (κ3) is 4.25. The molecule has 0 aliphatic carbocycles. The van der Waals surface area contributed by atoms with Gasteiger partial charge >= 0.3 is 0 Å². The predicted molar refractivity (Wildman–Crippen MR) is 62.5 cm³/mol. The van der Waals surface area contributed by atoms with Crippen LogP contribution in [0, 0.1) is 5.41 Å². The number of likely N-dealkylation sites (N-methyl/N-ethyl adjacent to an activating group) is 1. The van der Waals surface area contributed by atoms with E-state index in [1.807, 2.05) is 7.05 Å². The molecule has 0 aliphatic heterocycles. The fraction of sp³-hybridized carbons (Fsp3) is 0.833. The molecule has 0 saturated heterocycles. The smallest absolute Gasteiger partial charge is 0.0775 e. The van der Waals surface area contributed by atoms with Crippen LogP contribution in [0.4, 0.5) is 0 Å². The Morgan fingerprint density at radius 3 is 2.14 bits per heavy atom. The number of nitrogens with one attached hydrogen (secondary N) is 1. The van der Waals surface area contributed by atoms with Crippen LogP contribution in [0.25, 0.3) is 0 Å². The van der Waals surface area contributed by atoms with Crippen molar-refractivity contribution in [3.05, 3.63) is 12.2 Å². The molecule has 2 heteroatoms. The largest absolute Gasteiger partial charge is 0.379 e. The van der Waals surface area contributed by atoms with Gasteiger partial charge in [0.25, 0.3) is 0 Å². The Kier molecular flexibility index (Phi) is 5.38. The van der Waals surface area contributed by atoms with E-state index in [2.05, 4.69) is 39.6 Å². The van der Waals surface area contributed by atoms with Crippen molar-refractivity contribution in [2.45, 2.75) is 46.3 Å². The first-order valence-corrected chi connectivity index (χ1v) is 5.17. The van der Waals surface area contributed by atoms with Crippen LogP contribution in [0.5, 0.6) is 0 Å². The topological polar surface area (TPSA) is 21.3 Å². The second-order valence-electron chi connectivity index (χ2n) is 5.08. The zero-order valence-electron chi connectivity index (χ0n) is 10.5. The van der Waals surface area contributed by atoms with Crippen molar-refractivity contribution in [2.75, 3.05) is 14.2 Å². The molecule has 1 N–H and O–H groups in total. The van der Waals surface area contributed by atoms with Gasteiger partial charge in [0.05, 0.1) is 6.10 Å². The summed E-state index contributed by atoms with van der Waals surface area (Å²) < 4.78 is 5.57. The van der Waals surface area contributed by atoms with Gasteiger partial charge in [-0.2, -0.15) is 0 Å². The molecule has 84 valence electrons. The summed E-state index contributed by atoms with van der Waals surface area (Å²) in [6.07, 6.45) is 1.18. The van der Waals surface area contributed by atoms with Gasteiger partial charge in [-0.05, 0) is 25.8 Å². The molecule has 0 aromatic heterocycles. The molecule has 0 saturated carbocycles. The Balaban J connectivity index is 4.53. The molecule has 2 nitrogen and oxygen atoms in total. The number of rotatable bonds is 5. The summed E-state index contributed by atoms with van der Waals surface area (Å²) in [5.41, 5.74) is 1.34. The van der Waals surface area contributed by atoms with Gasteiger partial charge < -0.3 is 10.1 Å². The van der Waals surface area contributed by atoms with Crippen LogP contribution in [0.2, 0.25) is 0 Å². The van der Waals surface area contributed by atoms with E-state index in [-0.39, 0.29) is 11.5 Å². The van der Waals surface area contributed by atoms with Crippen molar-refractivity contribution >= 4 is 0 Å². The molecule has 0 rings (SSSR count). The van der Waals surface area contributed by atoms with Gasteiger partial charge in [-0.1, -0.05) is 26.3 Å². The highest BCUT2D eigenvalue weighted by atomic mass is 16.5. The normalized spacial score (nSPS) is 16.4. The number of ether oxygens (including phenoxy) is 1. The van der Waals surface area contributed by atoms with Crippen LogP contribution in [0.1, 0.15) is 34.1 Å². The van der Waals surface area contributed by atoms with Crippen molar-refractivity contribution in [1.82, 2.24) is 5.32 Å². The Morgan fingerprint density at radius 2 is 1.93 bits per heavy atom. The average molecular weight is 199 g/mol.